The Morgan fingerprint density at radius 1 is 1.37 bits per heavy atom. The highest BCUT2D eigenvalue weighted by atomic mass is 32.2. The summed E-state index contributed by atoms with van der Waals surface area (Å²) in [5.74, 6) is 0.139. The first-order chi connectivity index (χ1) is 8.83. The van der Waals surface area contributed by atoms with E-state index >= 15 is 0 Å². The lowest BCUT2D eigenvalue weighted by atomic mass is 10.1. The molecule has 19 heavy (non-hydrogen) atoms. The van der Waals surface area contributed by atoms with Crippen LogP contribution in [0.15, 0.2) is 18.2 Å². The van der Waals surface area contributed by atoms with Gasteiger partial charge in [-0.25, -0.2) is 13.1 Å². The van der Waals surface area contributed by atoms with Crippen molar-refractivity contribution in [3.05, 3.63) is 23.8 Å². The molecule has 0 atom stereocenters. The van der Waals surface area contributed by atoms with Gasteiger partial charge in [0.15, 0.2) is 0 Å². The van der Waals surface area contributed by atoms with Gasteiger partial charge in [0.25, 0.3) is 5.91 Å². The minimum absolute atomic E-state index is 0.119. The van der Waals surface area contributed by atoms with E-state index in [1.54, 1.807) is 12.1 Å². The van der Waals surface area contributed by atoms with Crippen molar-refractivity contribution < 1.29 is 17.9 Å². The highest BCUT2D eigenvalue weighted by Crippen LogP contribution is 2.19. The number of sulfonamides is 1. The molecule has 1 rings (SSSR count). The summed E-state index contributed by atoms with van der Waals surface area (Å²) in [6.07, 6.45) is 1.05. The average Bonchev–Trinajstić information content (AvgIpc) is 2.34. The molecule has 0 unspecified atom stereocenters. The maximum absolute atomic E-state index is 11.8. The number of methoxy groups -OCH3 is 1. The van der Waals surface area contributed by atoms with Crippen LogP contribution in [0.4, 0.5) is 5.69 Å². The molecule has 0 fully saturated rings. The Morgan fingerprint density at radius 3 is 2.63 bits per heavy atom. The molecular weight excluding hydrogens is 270 g/mol. The molecule has 7 nitrogen and oxygen atoms in total. The Kier molecular flexibility index (Phi) is 5.13. The largest absolute Gasteiger partial charge is 0.497 e. The van der Waals surface area contributed by atoms with Crippen molar-refractivity contribution in [3.63, 3.8) is 0 Å². The Bertz CT molecular complexity index is 557. The van der Waals surface area contributed by atoms with Crippen LogP contribution < -0.4 is 20.5 Å². The van der Waals surface area contributed by atoms with Crippen molar-refractivity contribution in [1.82, 2.24) is 10.0 Å². The maximum atomic E-state index is 11.8. The predicted molar refractivity (Wildman–Crippen MR) is 72.6 cm³/mol. The third-order valence-electron chi connectivity index (χ3n) is 2.28. The lowest BCUT2D eigenvalue weighted by molar-refractivity contribution is 0.0955. The van der Waals surface area contributed by atoms with Crippen LogP contribution in [0.5, 0.6) is 5.75 Å². The van der Waals surface area contributed by atoms with Gasteiger partial charge in [0.1, 0.15) is 5.75 Å². The lowest BCUT2D eigenvalue weighted by Gasteiger charge is -2.09. The summed E-state index contributed by atoms with van der Waals surface area (Å²) in [4.78, 5) is 11.8. The molecule has 0 radical (unpaired) electrons. The molecule has 8 heteroatoms. The third kappa shape index (κ3) is 5.14. The zero-order chi connectivity index (χ0) is 14.5. The van der Waals surface area contributed by atoms with E-state index in [-0.39, 0.29) is 19.0 Å². The van der Waals surface area contributed by atoms with Gasteiger partial charge in [-0.2, -0.15) is 0 Å². The minimum Gasteiger partial charge on any atom is -0.497 e. The summed E-state index contributed by atoms with van der Waals surface area (Å²) in [7, 11) is -1.76. The van der Waals surface area contributed by atoms with Crippen LogP contribution in [-0.4, -0.2) is 40.8 Å². The summed E-state index contributed by atoms with van der Waals surface area (Å²) < 4.78 is 28.9. The number of hydrogen-bond donors (Lipinski definition) is 3. The quantitative estimate of drug-likeness (QED) is 0.485. The molecule has 0 aliphatic carbocycles. The van der Waals surface area contributed by atoms with E-state index in [1.165, 1.54) is 13.2 Å². The first-order valence-electron chi connectivity index (χ1n) is 5.50. The number of anilines is 1. The molecule has 1 aromatic rings. The van der Waals surface area contributed by atoms with E-state index in [4.69, 9.17) is 10.5 Å². The summed E-state index contributed by atoms with van der Waals surface area (Å²) in [5.41, 5.74) is 6.31. The van der Waals surface area contributed by atoms with Gasteiger partial charge in [-0.3, -0.25) is 4.79 Å². The fourth-order valence-corrected chi connectivity index (χ4v) is 1.84. The molecule has 106 valence electrons. The Labute approximate surface area is 112 Å². The Morgan fingerprint density at radius 2 is 2.05 bits per heavy atom. The fourth-order valence-electron chi connectivity index (χ4n) is 1.37. The molecule has 0 saturated carbocycles. The van der Waals surface area contributed by atoms with Gasteiger partial charge < -0.3 is 15.8 Å². The molecule has 1 amide bonds. The SMILES string of the molecule is COc1ccc(N)c(C(=O)NCCNS(C)(=O)=O)c1. The number of rotatable bonds is 6. The van der Waals surface area contributed by atoms with E-state index in [9.17, 15) is 13.2 Å². The van der Waals surface area contributed by atoms with Crippen molar-refractivity contribution in [2.24, 2.45) is 0 Å². The van der Waals surface area contributed by atoms with Gasteiger partial charge in [-0.15, -0.1) is 0 Å². The fraction of sp³-hybridized carbons (Fsp3) is 0.364. The summed E-state index contributed by atoms with van der Waals surface area (Å²) in [5, 5.41) is 2.56. The molecular formula is C11H17N3O4S. The van der Waals surface area contributed by atoms with Crippen molar-refractivity contribution >= 4 is 21.6 Å². The maximum Gasteiger partial charge on any atom is 0.253 e. The van der Waals surface area contributed by atoms with Gasteiger partial charge >= 0.3 is 0 Å². The second-order valence-electron chi connectivity index (χ2n) is 3.88. The number of amides is 1. The number of benzene rings is 1. The second kappa shape index (κ2) is 6.39. The number of carbonyl (C=O) groups excluding carboxylic acids is 1. The summed E-state index contributed by atoms with van der Waals surface area (Å²) in [6.45, 7) is 0.289. The topological polar surface area (TPSA) is 111 Å². The monoisotopic (exact) mass is 287 g/mol. The molecule has 0 aliphatic heterocycles. The third-order valence-corrected chi connectivity index (χ3v) is 3.01. The van der Waals surface area contributed by atoms with Gasteiger partial charge in [0.05, 0.1) is 18.9 Å². The van der Waals surface area contributed by atoms with Gasteiger partial charge in [0, 0.05) is 18.8 Å². The normalized spacial score (nSPS) is 11.1. The number of nitrogens with one attached hydrogen (secondary N) is 2. The van der Waals surface area contributed by atoms with Crippen LogP contribution >= 0.6 is 0 Å². The lowest BCUT2D eigenvalue weighted by Crippen LogP contribution is -2.34. The van der Waals surface area contributed by atoms with E-state index in [1.807, 2.05) is 0 Å². The first kappa shape index (κ1) is 15.3. The van der Waals surface area contributed by atoms with Crippen LogP contribution in [0, 0.1) is 0 Å². The van der Waals surface area contributed by atoms with Crippen molar-refractivity contribution in [2.45, 2.75) is 0 Å². The molecule has 0 bridgehead atoms. The van der Waals surface area contributed by atoms with Crippen LogP contribution in [0.1, 0.15) is 10.4 Å². The number of nitrogens with two attached hydrogens (primary N) is 1. The molecule has 1 aromatic carbocycles. The van der Waals surface area contributed by atoms with E-state index in [0.717, 1.165) is 6.26 Å². The van der Waals surface area contributed by atoms with Gasteiger partial charge in [-0.1, -0.05) is 0 Å². The zero-order valence-corrected chi connectivity index (χ0v) is 11.6. The Balaban J connectivity index is 2.58. The van der Waals surface area contributed by atoms with Crippen LogP contribution in [0.3, 0.4) is 0 Å². The van der Waals surface area contributed by atoms with Gasteiger partial charge in [-0.05, 0) is 18.2 Å². The van der Waals surface area contributed by atoms with Crippen LogP contribution in [0.25, 0.3) is 0 Å². The zero-order valence-electron chi connectivity index (χ0n) is 10.8. The standard InChI is InChI=1S/C11H17N3O4S/c1-18-8-3-4-10(12)9(7-8)11(15)13-5-6-14-19(2,16)17/h3-4,7,14H,5-6,12H2,1-2H3,(H,13,15). The summed E-state index contributed by atoms with van der Waals surface area (Å²) >= 11 is 0. The molecule has 4 N–H and O–H groups in total. The molecule has 0 aromatic heterocycles. The number of ether oxygens (including phenoxy) is 1. The van der Waals surface area contributed by atoms with E-state index < -0.39 is 10.0 Å². The smallest absolute Gasteiger partial charge is 0.253 e. The van der Waals surface area contributed by atoms with E-state index in [2.05, 4.69) is 10.0 Å². The van der Waals surface area contributed by atoms with Crippen LogP contribution in [0.2, 0.25) is 0 Å². The molecule has 0 saturated heterocycles. The number of nitrogen functional groups attached to an aromatic ring is 1. The van der Waals surface area contributed by atoms with Crippen LogP contribution in [-0.2, 0) is 10.0 Å². The average molecular weight is 287 g/mol. The minimum atomic E-state index is -3.25. The predicted octanol–water partition coefficient (Wildman–Crippen LogP) is -0.444. The molecule has 0 spiro atoms. The van der Waals surface area contributed by atoms with Crippen molar-refractivity contribution in [1.29, 1.82) is 0 Å². The Hall–Kier alpha value is -1.80. The number of hydrogen-bond acceptors (Lipinski definition) is 5. The van der Waals surface area contributed by atoms with Crippen molar-refractivity contribution in [3.8, 4) is 5.75 Å². The molecule has 0 aliphatic rings. The van der Waals surface area contributed by atoms with Gasteiger partial charge in [0.2, 0.25) is 10.0 Å². The highest BCUT2D eigenvalue weighted by Gasteiger charge is 2.10. The molecule has 0 heterocycles. The van der Waals surface area contributed by atoms with Crippen molar-refractivity contribution in [2.75, 3.05) is 32.2 Å². The highest BCUT2D eigenvalue weighted by molar-refractivity contribution is 7.88. The number of carbonyl (C=O) groups is 1. The van der Waals surface area contributed by atoms with E-state index in [0.29, 0.717) is 17.0 Å². The summed E-state index contributed by atoms with van der Waals surface area (Å²) in [6, 6.07) is 4.74. The first-order valence-corrected chi connectivity index (χ1v) is 7.39. The second-order valence-corrected chi connectivity index (χ2v) is 5.71.